The van der Waals surface area contributed by atoms with Gasteiger partial charge in [-0.2, -0.15) is 0 Å². The molecule has 0 fully saturated rings. The summed E-state index contributed by atoms with van der Waals surface area (Å²) in [6.45, 7) is 0. The highest BCUT2D eigenvalue weighted by atomic mass is 19.1. The van der Waals surface area contributed by atoms with Crippen molar-refractivity contribution in [3.63, 3.8) is 0 Å². The third-order valence-electron chi connectivity index (χ3n) is 3.55. The fourth-order valence-corrected chi connectivity index (χ4v) is 2.63. The number of ether oxygens (including phenoxy) is 1. The highest BCUT2D eigenvalue weighted by molar-refractivity contribution is 6.07. The topological polar surface area (TPSA) is 38.3 Å². The molecule has 2 aromatic rings. The van der Waals surface area contributed by atoms with E-state index in [4.69, 9.17) is 4.74 Å². The summed E-state index contributed by atoms with van der Waals surface area (Å²) in [7, 11) is 1.18. The molecule has 0 saturated carbocycles. The van der Waals surface area contributed by atoms with Gasteiger partial charge in [0.25, 0.3) is 5.91 Å². The second-order valence-electron chi connectivity index (χ2n) is 4.63. The molecule has 0 radical (unpaired) electrons. The molecule has 3 nitrogen and oxygen atoms in total. The second-order valence-corrected chi connectivity index (χ2v) is 4.63. The quantitative estimate of drug-likeness (QED) is 0.924. The Morgan fingerprint density at radius 1 is 1.10 bits per heavy atom. The first-order chi connectivity index (χ1) is 10.0. The normalized spacial score (nSPS) is 20.3. The van der Waals surface area contributed by atoms with Crippen LogP contribution < -0.4 is 5.32 Å². The summed E-state index contributed by atoms with van der Waals surface area (Å²) in [5, 5.41) is 2.26. The molecular weight excluding hydrogens is 283 g/mol. The van der Waals surface area contributed by atoms with Gasteiger partial charge in [-0.05, 0) is 24.3 Å². The third kappa shape index (κ3) is 1.76. The molecule has 0 saturated heterocycles. The van der Waals surface area contributed by atoms with Gasteiger partial charge in [0.05, 0.1) is 11.3 Å². The molecule has 1 atom stereocenters. The molecule has 0 spiro atoms. The standard InChI is InChI=1S/C15H10F3NO2/c1-21-15(8-3-2-4-9(16)7-8)12-10(17)5-6-11(18)13(12)19-14(15)20/h2-7H,1H3,(H,19,20). The number of amides is 1. The van der Waals surface area contributed by atoms with Crippen LogP contribution in [0.4, 0.5) is 18.9 Å². The van der Waals surface area contributed by atoms with Gasteiger partial charge < -0.3 is 10.1 Å². The fraction of sp³-hybridized carbons (Fsp3) is 0.133. The number of hydrogen-bond donors (Lipinski definition) is 1. The van der Waals surface area contributed by atoms with Gasteiger partial charge in [0.15, 0.2) is 0 Å². The Morgan fingerprint density at radius 3 is 2.48 bits per heavy atom. The van der Waals surface area contributed by atoms with E-state index in [1.54, 1.807) is 0 Å². The maximum Gasteiger partial charge on any atom is 0.266 e. The summed E-state index contributed by atoms with van der Waals surface area (Å²) < 4.78 is 46.7. The van der Waals surface area contributed by atoms with Gasteiger partial charge in [-0.15, -0.1) is 0 Å². The first-order valence-electron chi connectivity index (χ1n) is 6.12. The van der Waals surface area contributed by atoms with Gasteiger partial charge in [0, 0.05) is 12.7 Å². The number of rotatable bonds is 2. The predicted molar refractivity (Wildman–Crippen MR) is 69.2 cm³/mol. The Hall–Kier alpha value is -2.34. The molecule has 1 heterocycles. The van der Waals surface area contributed by atoms with E-state index in [-0.39, 0.29) is 16.8 Å². The molecule has 108 valence electrons. The summed E-state index contributed by atoms with van der Waals surface area (Å²) in [5.74, 6) is -2.97. The van der Waals surface area contributed by atoms with Crippen molar-refractivity contribution in [1.82, 2.24) is 0 Å². The lowest BCUT2D eigenvalue weighted by Crippen LogP contribution is -2.38. The van der Waals surface area contributed by atoms with E-state index >= 15 is 0 Å². The van der Waals surface area contributed by atoms with Crippen LogP contribution in [0.5, 0.6) is 0 Å². The average Bonchev–Trinajstić information content (AvgIpc) is 2.78. The smallest absolute Gasteiger partial charge is 0.266 e. The molecule has 1 unspecified atom stereocenters. The molecule has 2 aromatic carbocycles. The number of carbonyl (C=O) groups is 1. The minimum absolute atomic E-state index is 0.0887. The van der Waals surface area contributed by atoms with Crippen LogP contribution in [0.2, 0.25) is 0 Å². The van der Waals surface area contributed by atoms with Crippen LogP contribution in [-0.2, 0) is 15.1 Å². The van der Waals surface area contributed by atoms with Gasteiger partial charge in [-0.25, -0.2) is 13.2 Å². The van der Waals surface area contributed by atoms with Crippen LogP contribution in [0.15, 0.2) is 36.4 Å². The first kappa shape index (κ1) is 13.6. The zero-order valence-electron chi connectivity index (χ0n) is 10.9. The Balaban J connectivity index is 2.35. The summed E-state index contributed by atoms with van der Waals surface area (Å²) in [6.07, 6.45) is 0. The highest BCUT2D eigenvalue weighted by Gasteiger charge is 2.52. The SMILES string of the molecule is COC1(c2cccc(F)c2)C(=O)Nc2c(F)ccc(F)c21. The first-order valence-corrected chi connectivity index (χ1v) is 6.12. The van der Waals surface area contributed by atoms with Crippen molar-refractivity contribution < 1.29 is 22.7 Å². The van der Waals surface area contributed by atoms with Crippen LogP contribution in [0.1, 0.15) is 11.1 Å². The van der Waals surface area contributed by atoms with Crippen molar-refractivity contribution in [3.8, 4) is 0 Å². The molecule has 1 N–H and O–H groups in total. The minimum Gasteiger partial charge on any atom is -0.359 e. The molecule has 0 aliphatic carbocycles. The van der Waals surface area contributed by atoms with E-state index in [2.05, 4.69) is 5.32 Å². The number of benzene rings is 2. The summed E-state index contributed by atoms with van der Waals surface area (Å²) >= 11 is 0. The number of methoxy groups -OCH3 is 1. The fourth-order valence-electron chi connectivity index (χ4n) is 2.63. The number of fused-ring (bicyclic) bond motifs is 1. The number of anilines is 1. The van der Waals surface area contributed by atoms with Crippen LogP contribution in [0.25, 0.3) is 0 Å². The monoisotopic (exact) mass is 293 g/mol. The molecule has 1 amide bonds. The largest absolute Gasteiger partial charge is 0.359 e. The summed E-state index contributed by atoms with van der Waals surface area (Å²) in [4.78, 5) is 12.3. The molecular formula is C15H10F3NO2. The van der Waals surface area contributed by atoms with Crippen molar-refractivity contribution in [2.24, 2.45) is 0 Å². The maximum absolute atomic E-state index is 14.2. The lowest BCUT2D eigenvalue weighted by molar-refractivity contribution is -0.132. The van der Waals surface area contributed by atoms with Crippen LogP contribution in [0.3, 0.4) is 0 Å². The molecule has 21 heavy (non-hydrogen) atoms. The van der Waals surface area contributed by atoms with E-state index < -0.39 is 29.0 Å². The van der Waals surface area contributed by atoms with E-state index in [0.717, 1.165) is 18.2 Å². The molecule has 1 aliphatic rings. The lowest BCUT2D eigenvalue weighted by atomic mass is 9.86. The van der Waals surface area contributed by atoms with Gasteiger partial charge in [0.1, 0.15) is 17.5 Å². The van der Waals surface area contributed by atoms with Crippen LogP contribution in [-0.4, -0.2) is 13.0 Å². The predicted octanol–water partition coefficient (Wildman–Crippen LogP) is 2.95. The highest BCUT2D eigenvalue weighted by Crippen LogP contribution is 2.45. The maximum atomic E-state index is 14.2. The van der Waals surface area contributed by atoms with Crippen LogP contribution >= 0.6 is 0 Å². The van der Waals surface area contributed by atoms with Gasteiger partial charge in [-0.1, -0.05) is 12.1 Å². The van der Waals surface area contributed by atoms with Crippen molar-refractivity contribution in [2.45, 2.75) is 5.60 Å². The third-order valence-corrected chi connectivity index (χ3v) is 3.55. The summed E-state index contributed by atoms with van der Waals surface area (Å²) in [5.41, 5.74) is -2.39. The van der Waals surface area contributed by atoms with E-state index in [1.165, 1.54) is 25.3 Å². The molecule has 0 aromatic heterocycles. The number of nitrogens with one attached hydrogen (secondary N) is 1. The van der Waals surface area contributed by atoms with Crippen LogP contribution in [0, 0.1) is 17.5 Å². The summed E-state index contributed by atoms with van der Waals surface area (Å²) in [6, 6.07) is 6.85. The van der Waals surface area contributed by atoms with Crippen molar-refractivity contribution in [1.29, 1.82) is 0 Å². The average molecular weight is 293 g/mol. The lowest BCUT2D eigenvalue weighted by Gasteiger charge is -2.26. The number of hydrogen-bond acceptors (Lipinski definition) is 2. The van der Waals surface area contributed by atoms with Crippen molar-refractivity contribution >= 4 is 11.6 Å². The molecule has 6 heteroatoms. The number of halogens is 3. The van der Waals surface area contributed by atoms with Gasteiger partial charge >= 0.3 is 0 Å². The Morgan fingerprint density at radius 2 is 1.81 bits per heavy atom. The second kappa shape index (κ2) is 4.60. The Labute approximate surface area is 118 Å². The zero-order chi connectivity index (χ0) is 15.2. The zero-order valence-corrected chi connectivity index (χ0v) is 10.9. The van der Waals surface area contributed by atoms with E-state index in [0.29, 0.717) is 0 Å². The molecule has 3 rings (SSSR count). The van der Waals surface area contributed by atoms with E-state index in [1.807, 2.05) is 0 Å². The Bertz CT molecular complexity index is 748. The van der Waals surface area contributed by atoms with Crippen molar-refractivity contribution in [2.75, 3.05) is 12.4 Å². The van der Waals surface area contributed by atoms with Gasteiger partial charge in [0.2, 0.25) is 5.60 Å². The Kier molecular flexibility index (Phi) is 2.98. The minimum atomic E-state index is -1.91. The number of carbonyl (C=O) groups excluding carboxylic acids is 1. The van der Waals surface area contributed by atoms with Gasteiger partial charge in [-0.3, -0.25) is 4.79 Å². The molecule has 1 aliphatic heterocycles. The van der Waals surface area contributed by atoms with E-state index in [9.17, 15) is 18.0 Å². The van der Waals surface area contributed by atoms with Crippen molar-refractivity contribution in [3.05, 3.63) is 65.0 Å². The molecule has 0 bridgehead atoms.